The summed E-state index contributed by atoms with van der Waals surface area (Å²) in [5, 5.41) is 0. The summed E-state index contributed by atoms with van der Waals surface area (Å²) in [5.41, 5.74) is 10.9. The molecular formula is C18H21NO2. The molecule has 0 bridgehead atoms. The van der Waals surface area contributed by atoms with E-state index in [0.29, 0.717) is 0 Å². The van der Waals surface area contributed by atoms with Crippen molar-refractivity contribution in [2.24, 2.45) is 5.73 Å². The first-order valence-electron chi connectivity index (χ1n) is 7.26. The number of ether oxygens (including phenoxy) is 2. The molecule has 1 heterocycles. The number of hydrogen-bond acceptors (Lipinski definition) is 3. The Kier molecular flexibility index (Phi) is 3.60. The fourth-order valence-corrected chi connectivity index (χ4v) is 2.93. The first kappa shape index (κ1) is 14.0. The quantitative estimate of drug-likeness (QED) is 0.911. The maximum absolute atomic E-state index is 6.33. The van der Waals surface area contributed by atoms with Gasteiger partial charge in [-0.05, 0) is 43.2 Å². The molecule has 0 amide bonds. The first-order chi connectivity index (χ1) is 10.1. The Morgan fingerprint density at radius 2 is 1.95 bits per heavy atom. The van der Waals surface area contributed by atoms with Crippen molar-refractivity contribution in [2.45, 2.75) is 32.4 Å². The van der Waals surface area contributed by atoms with Gasteiger partial charge in [0, 0.05) is 18.0 Å². The van der Waals surface area contributed by atoms with Gasteiger partial charge in [-0.15, -0.1) is 0 Å². The summed E-state index contributed by atoms with van der Waals surface area (Å²) in [7, 11) is 1.69. The van der Waals surface area contributed by atoms with Crippen LogP contribution in [0.4, 0.5) is 0 Å². The number of methoxy groups -OCH3 is 1. The second-order valence-corrected chi connectivity index (χ2v) is 5.72. The molecule has 2 atom stereocenters. The molecule has 1 aliphatic heterocycles. The maximum atomic E-state index is 6.33. The van der Waals surface area contributed by atoms with E-state index in [0.717, 1.165) is 34.6 Å². The van der Waals surface area contributed by atoms with E-state index < -0.39 is 0 Å². The van der Waals surface area contributed by atoms with Gasteiger partial charge in [0.15, 0.2) is 0 Å². The molecule has 3 rings (SSSR count). The third-order valence-corrected chi connectivity index (χ3v) is 4.09. The van der Waals surface area contributed by atoms with Gasteiger partial charge in [0.2, 0.25) is 0 Å². The van der Waals surface area contributed by atoms with Crippen molar-refractivity contribution in [3.05, 3.63) is 58.7 Å². The molecule has 2 aromatic rings. The summed E-state index contributed by atoms with van der Waals surface area (Å²) in [6.07, 6.45) is 0.794. The molecule has 0 saturated carbocycles. The zero-order chi connectivity index (χ0) is 15.0. The molecule has 21 heavy (non-hydrogen) atoms. The SMILES string of the molecule is COc1ccc(C2CC(N)c3cc(C)ccc3O2)cc1C. The third-order valence-electron chi connectivity index (χ3n) is 4.09. The number of rotatable bonds is 2. The largest absolute Gasteiger partial charge is 0.496 e. The van der Waals surface area contributed by atoms with Gasteiger partial charge in [-0.3, -0.25) is 0 Å². The monoisotopic (exact) mass is 283 g/mol. The molecule has 3 heteroatoms. The maximum Gasteiger partial charge on any atom is 0.126 e. The van der Waals surface area contributed by atoms with Gasteiger partial charge >= 0.3 is 0 Å². The van der Waals surface area contributed by atoms with Crippen LogP contribution in [0.3, 0.4) is 0 Å². The van der Waals surface area contributed by atoms with Crippen molar-refractivity contribution in [3.63, 3.8) is 0 Å². The van der Waals surface area contributed by atoms with Crippen LogP contribution in [0.25, 0.3) is 0 Å². The van der Waals surface area contributed by atoms with E-state index in [-0.39, 0.29) is 12.1 Å². The molecule has 0 aromatic heterocycles. The van der Waals surface area contributed by atoms with Crippen LogP contribution in [0, 0.1) is 13.8 Å². The fourth-order valence-electron chi connectivity index (χ4n) is 2.93. The molecule has 1 aliphatic rings. The number of hydrogen-bond donors (Lipinski definition) is 1. The van der Waals surface area contributed by atoms with E-state index >= 15 is 0 Å². The molecule has 2 N–H and O–H groups in total. The molecule has 0 fully saturated rings. The summed E-state index contributed by atoms with van der Waals surface area (Å²) in [4.78, 5) is 0. The van der Waals surface area contributed by atoms with E-state index in [9.17, 15) is 0 Å². The highest BCUT2D eigenvalue weighted by molar-refractivity contribution is 5.43. The number of fused-ring (bicyclic) bond motifs is 1. The van der Waals surface area contributed by atoms with Gasteiger partial charge in [-0.1, -0.05) is 23.8 Å². The highest BCUT2D eigenvalue weighted by atomic mass is 16.5. The average molecular weight is 283 g/mol. The smallest absolute Gasteiger partial charge is 0.126 e. The van der Waals surface area contributed by atoms with Gasteiger partial charge in [-0.2, -0.15) is 0 Å². The molecule has 3 nitrogen and oxygen atoms in total. The zero-order valence-electron chi connectivity index (χ0n) is 12.7. The fraction of sp³-hybridized carbons (Fsp3) is 0.333. The van der Waals surface area contributed by atoms with E-state index in [1.54, 1.807) is 7.11 Å². The van der Waals surface area contributed by atoms with Crippen molar-refractivity contribution in [3.8, 4) is 11.5 Å². The van der Waals surface area contributed by atoms with E-state index in [1.807, 2.05) is 19.1 Å². The average Bonchev–Trinajstić information content (AvgIpc) is 2.47. The second-order valence-electron chi connectivity index (χ2n) is 5.72. The minimum atomic E-state index is -0.000174. The highest BCUT2D eigenvalue weighted by Crippen LogP contribution is 2.40. The van der Waals surface area contributed by atoms with Crippen LogP contribution in [0.2, 0.25) is 0 Å². The van der Waals surface area contributed by atoms with E-state index in [4.69, 9.17) is 15.2 Å². The van der Waals surface area contributed by atoms with E-state index in [2.05, 4.69) is 31.2 Å². The van der Waals surface area contributed by atoms with Gasteiger partial charge in [0.1, 0.15) is 17.6 Å². The number of aryl methyl sites for hydroxylation is 2. The molecule has 0 aliphatic carbocycles. The van der Waals surface area contributed by atoms with Crippen LogP contribution >= 0.6 is 0 Å². The van der Waals surface area contributed by atoms with Crippen molar-refractivity contribution in [1.82, 2.24) is 0 Å². The first-order valence-corrected chi connectivity index (χ1v) is 7.26. The minimum Gasteiger partial charge on any atom is -0.496 e. The molecule has 0 spiro atoms. The predicted molar refractivity (Wildman–Crippen MR) is 83.8 cm³/mol. The lowest BCUT2D eigenvalue weighted by Crippen LogP contribution is -2.24. The zero-order valence-corrected chi connectivity index (χ0v) is 12.7. The molecule has 2 aromatic carbocycles. The van der Waals surface area contributed by atoms with Gasteiger partial charge in [0.05, 0.1) is 7.11 Å². The van der Waals surface area contributed by atoms with Crippen LogP contribution in [0.1, 0.15) is 40.8 Å². The van der Waals surface area contributed by atoms with Gasteiger partial charge in [0.25, 0.3) is 0 Å². The predicted octanol–water partition coefficient (Wildman–Crippen LogP) is 3.84. The number of benzene rings is 2. The van der Waals surface area contributed by atoms with Crippen LogP contribution in [0.15, 0.2) is 36.4 Å². The van der Waals surface area contributed by atoms with Crippen LogP contribution < -0.4 is 15.2 Å². The van der Waals surface area contributed by atoms with Gasteiger partial charge in [-0.25, -0.2) is 0 Å². The summed E-state index contributed by atoms with van der Waals surface area (Å²) in [5.74, 6) is 1.80. The minimum absolute atomic E-state index is 0.000174. The Labute approximate surface area is 125 Å². The summed E-state index contributed by atoms with van der Waals surface area (Å²) in [6.45, 7) is 4.12. The Balaban J connectivity index is 1.92. The molecule has 0 saturated heterocycles. The highest BCUT2D eigenvalue weighted by Gasteiger charge is 2.27. The van der Waals surface area contributed by atoms with Crippen molar-refractivity contribution < 1.29 is 9.47 Å². The standard InChI is InChI=1S/C18H21NO2/c1-11-4-6-17-14(8-11)15(19)10-18(21-17)13-5-7-16(20-3)12(2)9-13/h4-9,15,18H,10,19H2,1-3H3. The molecule has 110 valence electrons. The van der Waals surface area contributed by atoms with Crippen LogP contribution in [0.5, 0.6) is 11.5 Å². The molecule has 2 unspecified atom stereocenters. The normalized spacial score (nSPS) is 20.6. The Hall–Kier alpha value is -2.00. The van der Waals surface area contributed by atoms with E-state index in [1.165, 1.54) is 5.56 Å². The van der Waals surface area contributed by atoms with Crippen molar-refractivity contribution in [2.75, 3.05) is 7.11 Å². The van der Waals surface area contributed by atoms with Gasteiger partial charge < -0.3 is 15.2 Å². The lowest BCUT2D eigenvalue weighted by atomic mass is 9.92. The Morgan fingerprint density at radius 3 is 2.67 bits per heavy atom. The second kappa shape index (κ2) is 5.41. The van der Waals surface area contributed by atoms with Crippen LogP contribution in [-0.2, 0) is 0 Å². The summed E-state index contributed by atoms with van der Waals surface area (Å²) < 4.78 is 11.5. The Bertz CT molecular complexity index is 666. The van der Waals surface area contributed by atoms with Crippen molar-refractivity contribution in [1.29, 1.82) is 0 Å². The summed E-state index contributed by atoms with van der Waals surface area (Å²) >= 11 is 0. The topological polar surface area (TPSA) is 44.5 Å². The lowest BCUT2D eigenvalue weighted by molar-refractivity contribution is 0.161. The lowest BCUT2D eigenvalue weighted by Gasteiger charge is -2.31. The molecular weight excluding hydrogens is 262 g/mol. The summed E-state index contributed by atoms with van der Waals surface area (Å²) in [6, 6.07) is 12.4. The van der Waals surface area contributed by atoms with Crippen molar-refractivity contribution >= 4 is 0 Å². The Morgan fingerprint density at radius 1 is 1.14 bits per heavy atom. The molecule has 0 radical (unpaired) electrons. The number of nitrogens with two attached hydrogens (primary N) is 1. The van der Waals surface area contributed by atoms with Crippen LogP contribution in [-0.4, -0.2) is 7.11 Å². The third kappa shape index (κ3) is 2.61.